The van der Waals surface area contributed by atoms with Crippen LogP contribution in [0.15, 0.2) is 40.8 Å². The van der Waals surface area contributed by atoms with Gasteiger partial charge in [-0.05, 0) is 18.2 Å². The first kappa shape index (κ1) is 18.4. The lowest BCUT2D eigenvalue weighted by atomic mass is 10.2. The molecule has 1 aromatic heterocycles. The third-order valence-electron chi connectivity index (χ3n) is 3.97. The average Bonchev–Trinajstić information content (AvgIpc) is 3.19. The molecule has 0 spiro atoms. The van der Waals surface area contributed by atoms with Crippen molar-refractivity contribution in [3.63, 3.8) is 0 Å². The number of hydrogen-bond acceptors (Lipinski definition) is 8. The van der Waals surface area contributed by atoms with Crippen LogP contribution in [-0.4, -0.2) is 38.6 Å². The summed E-state index contributed by atoms with van der Waals surface area (Å²) in [4.78, 5) is 0. The molecule has 0 saturated carbocycles. The van der Waals surface area contributed by atoms with Gasteiger partial charge < -0.3 is 28.7 Å². The van der Waals surface area contributed by atoms with Gasteiger partial charge in [0.15, 0.2) is 23.0 Å². The van der Waals surface area contributed by atoms with Crippen LogP contribution in [0.3, 0.4) is 0 Å². The Hall–Kier alpha value is -3.42. The summed E-state index contributed by atoms with van der Waals surface area (Å²) >= 11 is 0. The Morgan fingerprint density at radius 3 is 2.15 bits per heavy atom. The van der Waals surface area contributed by atoms with Gasteiger partial charge in [0.05, 0.1) is 34.0 Å². The molecule has 0 amide bonds. The molecule has 0 aliphatic heterocycles. The van der Waals surface area contributed by atoms with E-state index in [-0.39, 0.29) is 6.01 Å². The number of nitrogens with zero attached hydrogens (tertiary/aromatic N) is 2. The molecule has 2 aromatic carbocycles. The number of methoxy groups -OCH3 is 4. The molecular weight excluding hydrogens is 350 g/mol. The van der Waals surface area contributed by atoms with Crippen molar-refractivity contribution in [2.24, 2.45) is 0 Å². The van der Waals surface area contributed by atoms with Crippen molar-refractivity contribution in [3.8, 4) is 34.5 Å². The van der Waals surface area contributed by atoms with Gasteiger partial charge in [0.25, 0.3) is 5.89 Å². The van der Waals surface area contributed by atoms with E-state index in [1.807, 2.05) is 30.3 Å². The predicted molar refractivity (Wildman–Crippen MR) is 99.7 cm³/mol. The number of anilines is 1. The highest BCUT2D eigenvalue weighted by Crippen LogP contribution is 2.37. The SMILES string of the molecule is COc1cccc(CNc2nnc(-c3cccc(OC)c3OC)o2)c1OC. The van der Waals surface area contributed by atoms with Crippen LogP contribution in [-0.2, 0) is 6.54 Å². The van der Waals surface area contributed by atoms with Crippen LogP contribution in [0.5, 0.6) is 23.0 Å². The minimum atomic E-state index is 0.278. The molecule has 142 valence electrons. The molecule has 1 N–H and O–H groups in total. The maximum absolute atomic E-state index is 5.72. The highest BCUT2D eigenvalue weighted by molar-refractivity contribution is 5.67. The van der Waals surface area contributed by atoms with E-state index in [1.54, 1.807) is 34.5 Å². The number of ether oxygens (including phenoxy) is 4. The number of benzene rings is 2. The van der Waals surface area contributed by atoms with E-state index in [4.69, 9.17) is 23.4 Å². The summed E-state index contributed by atoms with van der Waals surface area (Å²) in [7, 11) is 6.33. The molecule has 0 fully saturated rings. The zero-order valence-corrected chi connectivity index (χ0v) is 15.6. The van der Waals surface area contributed by atoms with Crippen LogP contribution in [0.4, 0.5) is 6.01 Å². The first-order valence-corrected chi connectivity index (χ1v) is 8.20. The van der Waals surface area contributed by atoms with Crippen molar-refractivity contribution in [2.45, 2.75) is 6.54 Å². The largest absolute Gasteiger partial charge is 0.493 e. The van der Waals surface area contributed by atoms with Crippen molar-refractivity contribution in [2.75, 3.05) is 33.8 Å². The third-order valence-corrected chi connectivity index (χ3v) is 3.97. The molecule has 0 aliphatic rings. The first-order valence-electron chi connectivity index (χ1n) is 8.20. The molecule has 3 rings (SSSR count). The average molecular weight is 371 g/mol. The van der Waals surface area contributed by atoms with E-state index in [0.29, 0.717) is 41.0 Å². The Morgan fingerprint density at radius 2 is 1.48 bits per heavy atom. The molecule has 1 heterocycles. The molecule has 0 bridgehead atoms. The third kappa shape index (κ3) is 3.74. The lowest BCUT2D eigenvalue weighted by molar-refractivity contribution is 0.352. The Bertz CT molecular complexity index is 910. The zero-order valence-electron chi connectivity index (χ0n) is 15.6. The van der Waals surface area contributed by atoms with Gasteiger partial charge in [-0.3, -0.25) is 0 Å². The van der Waals surface area contributed by atoms with Crippen LogP contribution < -0.4 is 24.3 Å². The molecule has 0 saturated heterocycles. The Morgan fingerprint density at radius 1 is 0.815 bits per heavy atom. The van der Waals surface area contributed by atoms with Crippen LogP contribution >= 0.6 is 0 Å². The van der Waals surface area contributed by atoms with Crippen molar-refractivity contribution in [1.29, 1.82) is 0 Å². The number of hydrogen-bond donors (Lipinski definition) is 1. The van der Waals surface area contributed by atoms with Crippen LogP contribution in [0.2, 0.25) is 0 Å². The van der Waals surface area contributed by atoms with Gasteiger partial charge in [-0.1, -0.05) is 23.3 Å². The monoisotopic (exact) mass is 371 g/mol. The molecule has 8 heteroatoms. The normalized spacial score (nSPS) is 10.4. The minimum Gasteiger partial charge on any atom is -0.493 e. The van der Waals surface area contributed by atoms with E-state index in [1.165, 1.54) is 0 Å². The minimum absolute atomic E-state index is 0.278. The van der Waals surface area contributed by atoms with Crippen molar-refractivity contribution in [1.82, 2.24) is 10.2 Å². The fraction of sp³-hybridized carbons (Fsp3) is 0.263. The summed E-state index contributed by atoms with van der Waals surface area (Å²) in [5, 5.41) is 11.2. The number of rotatable bonds is 8. The Balaban J connectivity index is 1.80. The molecule has 3 aromatic rings. The fourth-order valence-electron chi connectivity index (χ4n) is 2.72. The van der Waals surface area contributed by atoms with Crippen LogP contribution in [0, 0.1) is 0 Å². The lowest BCUT2D eigenvalue weighted by Gasteiger charge is -2.12. The highest BCUT2D eigenvalue weighted by atomic mass is 16.5. The lowest BCUT2D eigenvalue weighted by Crippen LogP contribution is -2.03. The summed E-state index contributed by atoms with van der Waals surface area (Å²) in [6, 6.07) is 11.4. The Labute approximate surface area is 157 Å². The first-order chi connectivity index (χ1) is 13.2. The predicted octanol–water partition coefficient (Wildman–Crippen LogP) is 3.38. The summed E-state index contributed by atoms with van der Waals surface area (Å²) in [6.07, 6.45) is 0. The molecule has 0 aliphatic carbocycles. The molecule has 0 radical (unpaired) electrons. The standard InChI is InChI=1S/C19H21N3O5/c1-23-14-9-5-7-12(16(14)25-3)11-20-19-22-21-18(27-19)13-8-6-10-15(24-2)17(13)26-4/h5-10H,11H2,1-4H3,(H,20,22). The van der Waals surface area contributed by atoms with Gasteiger partial charge in [0.1, 0.15) is 0 Å². The van der Waals surface area contributed by atoms with Gasteiger partial charge in [-0.15, -0.1) is 5.10 Å². The molecule has 0 unspecified atom stereocenters. The quantitative estimate of drug-likeness (QED) is 0.645. The number of para-hydroxylation sites is 2. The number of aromatic nitrogens is 2. The van der Waals surface area contributed by atoms with E-state index in [2.05, 4.69) is 15.5 Å². The molecule has 27 heavy (non-hydrogen) atoms. The molecule has 0 atom stereocenters. The fourth-order valence-corrected chi connectivity index (χ4v) is 2.72. The summed E-state index contributed by atoms with van der Waals surface area (Å²) in [5.74, 6) is 2.75. The van der Waals surface area contributed by atoms with Gasteiger partial charge in [0.2, 0.25) is 0 Å². The van der Waals surface area contributed by atoms with Crippen molar-refractivity contribution in [3.05, 3.63) is 42.0 Å². The van der Waals surface area contributed by atoms with Gasteiger partial charge >= 0.3 is 6.01 Å². The van der Waals surface area contributed by atoms with Crippen LogP contribution in [0.1, 0.15) is 5.56 Å². The van der Waals surface area contributed by atoms with Crippen LogP contribution in [0.25, 0.3) is 11.5 Å². The molecular formula is C19H21N3O5. The van der Waals surface area contributed by atoms with Gasteiger partial charge in [0, 0.05) is 12.1 Å². The maximum Gasteiger partial charge on any atom is 0.316 e. The number of nitrogens with one attached hydrogen (secondary N) is 1. The second kappa shape index (κ2) is 8.31. The summed E-state index contributed by atoms with van der Waals surface area (Å²) in [5.41, 5.74) is 1.55. The van der Waals surface area contributed by atoms with E-state index >= 15 is 0 Å². The van der Waals surface area contributed by atoms with Crippen molar-refractivity contribution < 1.29 is 23.4 Å². The second-order valence-corrected chi connectivity index (χ2v) is 5.46. The van der Waals surface area contributed by atoms with Gasteiger partial charge in [-0.2, -0.15) is 0 Å². The van der Waals surface area contributed by atoms with Gasteiger partial charge in [-0.25, -0.2) is 0 Å². The highest BCUT2D eigenvalue weighted by Gasteiger charge is 2.17. The van der Waals surface area contributed by atoms with E-state index in [0.717, 1.165) is 5.56 Å². The maximum atomic E-state index is 5.72. The van der Waals surface area contributed by atoms with E-state index in [9.17, 15) is 0 Å². The van der Waals surface area contributed by atoms with E-state index < -0.39 is 0 Å². The molecule has 8 nitrogen and oxygen atoms in total. The smallest absolute Gasteiger partial charge is 0.316 e. The van der Waals surface area contributed by atoms with Crippen molar-refractivity contribution >= 4 is 6.01 Å². The zero-order chi connectivity index (χ0) is 19.2. The topological polar surface area (TPSA) is 87.9 Å². The summed E-state index contributed by atoms with van der Waals surface area (Å²) in [6.45, 7) is 0.428. The Kier molecular flexibility index (Phi) is 5.65. The second-order valence-electron chi connectivity index (χ2n) is 5.46. The summed E-state index contributed by atoms with van der Waals surface area (Å²) < 4.78 is 27.2.